The summed E-state index contributed by atoms with van der Waals surface area (Å²) in [6.45, 7) is 2.07. The maximum atomic E-state index is 5.25. The van der Waals surface area contributed by atoms with Crippen LogP contribution in [0, 0.1) is 0 Å². The van der Waals surface area contributed by atoms with Crippen LogP contribution in [-0.4, -0.2) is 20.3 Å². The number of rotatable bonds is 2. The Kier molecular flexibility index (Phi) is 2.71. The Morgan fingerprint density at radius 2 is 2.09 bits per heavy atom. The summed E-state index contributed by atoms with van der Waals surface area (Å²) in [5.41, 5.74) is 1.26. The molecule has 0 N–H and O–H groups in total. The van der Waals surface area contributed by atoms with E-state index in [1.165, 1.54) is 5.57 Å². The highest BCUT2D eigenvalue weighted by Crippen LogP contribution is 2.20. The SMILES string of the molecule is COC1=CC=C(C)C(OC)C1. The molecule has 0 amide bonds. The summed E-state index contributed by atoms with van der Waals surface area (Å²) in [5.74, 6) is 0.988. The molecular weight excluding hydrogens is 140 g/mol. The number of hydrogen-bond acceptors (Lipinski definition) is 2. The van der Waals surface area contributed by atoms with Crippen LogP contribution < -0.4 is 0 Å². The van der Waals surface area contributed by atoms with Crippen LogP contribution in [-0.2, 0) is 9.47 Å². The molecular formula is C9H14O2. The average molecular weight is 154 g/mol. The quantitative estimate of drug-likeness (QED) is 0.604. The topological polar surface area (TPSA) is 18.5 Å². The van der Waals surface area contributed by atoms with E-state index in [0.717, 1.165) is 12.2 Å². The third-order valence-electron chi connectivity index (χ3n) is 1.97. The molecule has 0 saturated carbocycles. The minimum absolute atomic E-state index is 0.204. The lowest BCUT2D eigenvalue weighted by Gasteiger charge is -2.20. The molecule has 0 radical (unpaired) electrons. The molecule has 0 spiro atoms. The van der Waals surface area contributed by atoms with Crippen molar-refractivity contribution in [2.24, 2.45) is 0 Å². The molecule has 1 unspecified atom stereocenters. The van der Waals surface area contributed by atoms with Crippen molar-refractivity contribution < 1.29 is 9.47 Å². The lowest BCUT2D eigenvalue weighted by molar-refractivity contribution is 0.112. The van der Waals surface area contributed by atoms with E-state index < -0.39 is 0 Å². The normalized spacial score (nSPS) is 24.1. The molecule has 0 saturated heterocycles. The van der Waals surface area contributed by atoms with E-state index in [-0.39, 0.29) is 6.10 Å². The molecule has 62 valence electrons. The zero-order valence-corrected chi connectivity index (χ0v) is 7.26. The highest BCUT2D eigenvalue weighted by atomic mass is 16.5. The average Bonchev–Trinajstić information content (AvgIpc) is 2.05. The number of ether oxygens (including phenoxy) is 2. The molecule has 0 bridgehead atoms. The van der Waals surface area contributed by atoms with Crippen molar-refractivity contribution in [2.45, 2.75) is 19.4 Å². The van der Waals surface area contributed by atoms with Gasteiger partial charge in [0.1, 0.15) is 0 Å². The summed E-state index contributed by atoms with van der Waals surface area (Å²) >= 11 is 0. The Labute approximate surface area is 67.5 Å². The molecule has 0 heterocycles. The summed E-state index contributed by atoms with van der Waals surface area (Å²) in [7, 11) is 3.41. The van der Waals surface area contributed by atoms with E-state index in [0.29, 0.717) is 0 Å². The van der Waals surface area contributed by atoms with Gasteiger partial charge in [-0.05, 0) is 18.6 Å². The minimum Gasteiger partial charge on any atom is -0.501 e. The highest BCUT2D eigenvalue weighted by molar-refractivity contribution is 5.23. The van der Waals surface area contributed by atoms with Gasteiger partial charge in [-0.3, -0.25) is 0 Å². The minimum atomic E-state index is 0.204. The second-order valence-corrected chi connectivity index (χ2v) is 2.68. The van der Waals surface area contributed by atoms with Crippen LogP contribution in [0.25, 0.3) is 0 Å². The van der Waals surface area contributed by atoms with Gasteiger partial charge in [0.05, 0.1) is 19.0 Å². The van der Waals surface area contributed by atoms with Crippen molar-refractivity contribution in [3.05, 3.63) is 23.5 Å². The first kappa shape index (κ1) is 8.34. The second kappa shape index (κ2) is 3.58. The first-order valence-corrected chi connectivity index (χ1v) is 3.72. The van der Waals surface area contributed by atoms with Crippen LogP contribution >= 0.6 is 0 Å². The van der Waals surface area contributed by atoms with Crippen molar-refractivity contribution in [3.63, 3.8) is 0 Å². The molecule has 1 aliphatic rings. The van der Waals surface area contributed by atoms with Gasteiger partial charge in [-0.15, -0.1) is 0 Å². The van der Waals surface area contributed by atoms with E-state index in [4.69, 9.17) is 9.47 Å². The Balaban J connectivity index is 2.67. The Hall–Kier alpha value is -0.760. The van der Waals surface area contributed by atoms with Crippen molar-refractivity contribution in [3.8, 4) is 0 Å². The Morgan fingerprint density at radius 1 is 1.36 bits per heavy atom. The van der Waals surface area contributed by atoms with Gasteiger partial charge in [0.15, 0.2) is 0 Å². The smallest absolute Gasteiger partial charge is 0.0984 e. The molecule has 2 heteroatoms. The van der Waals surface area contributed by atoms with Crippen LogP contribution in [0.4, 0.5) is 0 Å². The molecule has 1 aliphatic carbocycles. The Bertz CT molecular complexity index is 192. The maximum Gasteiger partial charge on any atom is 0.0984 e. The van der Waals surface area contributed by atoms with Gasteiger partial charge >= 0.3 is 0 Å². The van der Waals surface area contributed by atoms with E-state index in [1.807, 2.05) is 12.2 Å². The standard InChI is InChI=1S/C9H14O2/c1-7-4-5-8(10-2)6-9(7)11-3/h4-5,9H,6H2,1-3H3. The van der Waals surface area contributed by atoms with E-state index in [1.54, 1.807) is 14.2 Å². The van der Waals surface area contributed by atoms with Gasteiger partial charge in [-0.2, -0.15) is 0 Å². The lowest BCUT2D eigenvalue weighted by Crippen LogP contribution is -2.16. The molecule has 0 aromatic rings. The van der Waals surface area contributed by atoms with Gasteiger partial charge in [0, 0.05) is 13.5 Å². The maximum absolute atomic E-state index is 5.25. The molecule has 0 aliphatic heterocycles. The fraction of sp³-hybridized carbons (Fsp3) is 0.556. The van der Waals surface area contributed by atoms with Crippen LogP contribution in [0.3, 0.4) is 0 Å². The Morgan fingerprint density at radius 3 is 2.64 bits per heavy atom. The van der Waals surface area contributed by atoms with Gasteiger partial charge in [0.25, 0.3) is 0 Å². The zero-order valence-electron chi connectivity index (χ0n) is 7.26. The van der Waals surface area contributed by atoms with Crippen LogP contribution in [0.5, 0.6) is 0 Å². The lowest BCUT2D eigenvalue weighted by atomic mass is 10.0. The van der Waals surface area contributed by atoms with Crippen molar-refractivity contribution in [1.29, 1.82) is 0 Å². The van der Waals surface area contributed by atoms with Crippen molar-refractivity contribution >= 4 is 0 Å². The van der Waals surface area contributed by atoms with Gasteiger partial charge in [-0.25, -0.2) is 0 Å². The molecule has 0 aromatic heterocycles. The predicted molar refractivity (Wildman–Crippen MR) is 44.3 cm³/mol. The summed E-state index contributed by atoms with van der Waals surface area (Å²) < 4.78 is 10.4. The van der Waals surface area contributed by atoms with Crippen LogP contribution in [0.2, 0.25) is 0 Å². The molecule has 1 rings (SSSR count). The largest absolute Gasteiger partial charge is 0.501 e. The third kappa shape index (κ3) is 1.84. The predicted octanol–water partition coefficient (Wildman–Crippen LogP) is 1.88. The van der Waals surface area contributed by atoms with Crippen molar-refractivity contribution in [1.82, 2.24) is 0 Å². The van der Waals surface area contributed by atoms with Crippen LogP contribution in [0.1, 0.15) is 13.3 Å². The van der Waals surface area contributed by atoms with Gasteiger partial charge in [-0.1, -0.05) is 6.08 Å². The monoisotopic (exact) mass is 154 g/mol. The van der Waals surface area contributed by atoms with Crippen molar-refractivity contribution in [2.75, 3.05) is 14.2 Å². The molecule has 0 aromatic carbocycles. The third-order valence-corrected chi connectivity index (χ3v) is 1.97. The summed E-state index contributed by atoms with van der Waals surface area (Å²) in [4.78, 5) is 0. The number of methoxy groups -OCH3 is 2. The van der Waals surface area contributed by atoms with Gasteiger partial charge < -0.3 is 9.47 Å². The summed E-state index contributed by atoms with van der Waals surface area (Å²) in [5, 5.41) is 0. The second-order valence-electron chi connectivity index (χ2n) is 2.68. The molecule has 1 atom stereocenters. The number of hydrogen-bond donors (Lipinski definition) is 0. The van der Waals surface area contributed by atoms with Crippen LogP contribution in [0.15, 0.2) is 23.5 Å². The molecule has 2 nitrogen and oxygen atoms in total. The van der Waals surface area contributed by atoms with E-state index in [2.05, 4.69) is 6.92 Å². The van der Waals surface area contributed by atoms with E-state index in [9.17, 15) is 0 Å². The highest BCUT2D eigenvalue weighted by Gasteiger charge is 2.15. The summed E-state index contributed by atoms with van der Waals surface area (Å²) in [6.07, 6.45) is 5.09. The summed E-state index contributed by atoms with van der Waals surface area (Å²) in [6, 6.07) is 0. The molecule has 0 fully saturated rings. The van der Waals surface area contributed by atoms with E-state index >= 15 is 0 Å². The van der Waals surface area contributed by atoms with Gasteiger partial charge in [0.2, 0.25) is 0 Å². The number of allylic oxidation sites excluding steroid dienone is 2. The molecule has 11 heavy (non-hydrogen) atoms. The fourth-order valence-electron chi connectivity index (χ4n) is 1.16. The first-order valence-electron chi connectivity index (χ1n) is 3.72. The fourth-order valence-corrected chi connectivity index (χ4v) is 1.16. The zero-order chi connectivity index (χ0) is 8.27. The first-order chi connectivity index (χ1) is 5.27.